The Morgan fingerprint density at radius 3 is 2.81 bits per heavy atom. The molecule has 0 spiro atoms. The van der Waals surface area contributed by atoms with Crippen LogP contribution in [0, 0.1) is 0 Å². The van der Waals surface area contributed by atoms with Gasteiger partial charge in [-0.25, -0.2) is 4.98 Å². The zero-order valence-electron chi connectivity index (χ0n) is 15.0. The van der Waals surface area contributed by atoms with E-state index in [1.54, 1.807) is 23.1 Å². The van der Waals surface area contributed by atoms with Crippen LogP contribution < -0.4 is 5.43 Å². The van der Waals surface area contributed by atoms with Gasteiger partial charge in [0.2, 0.25) is 5.43 Å². The molecule has 0 fully saturated rings. The van der Waals surface area contributed by atoms with Gasteiger partial charge in [0.15, 0.2) is 5.16 Å². The number of thioether (sulfide) groups is 1. The fourth-order valence-electron chi connectivity index (χ4n) is 3.36. The van der Waals surface area contributed by atoms with E-state index in [1.165, 1.54) is 16.9 Å². The quantitative estimate of drug-likeness (QED) is 0.457. The van der Waals surface area contributed by atoms with E-state index >= 15 is 0 Å². The summed E-state index contributed by atoms with van der Waals surface area (Å²) in [5, 5.41) is 0.919. The molecule has 0 radical (unpaired) electrons. The highest BCUT2D eigenvalue weighted by Gasteiger charge is 2.21. The van der Waals surface area contributed by atoms with Gasteiger partial charge in [0.05, 0.1) is 6.54 Å². The van der Waals surface area contributed by atoms with Crippen LogP contribution in [0.1, 0.15) is 35.8 Å². The number of fused-ring (bicyclic) bond motifs is 2. The molecule has 134 valence electrons. The van der Waals surface area contributed by atoms with Crippen LogP contribution >= 0.6 is 23.1 Å². The second-order valence-corrected chi connectivity index (χ2v) is 8.93. The molecular formula is C21H22N2OS2. The summed E-state index contributed by atoms with van der Waals surface area (Å²) in [5.41, 5.74) is 4.14. The van der Waals surface area contributed by atoms with Crippen LogP contribution in [-0.2, 0) is 19.4 Å². The third-order valence-corrected chi connectivity index (χ3v) is 7.15. The van der Waals surface area contributed by atoms with Gasteiger partial charge in [-0.3, -0.25) is 4.79 Å². The molecule has 0 N–H and O–H groups in total. The van der Waals surface area contributed by atoms with Crippen molar-refractivity contribution >= 4 is 33.4 Å². The van der Waals surface area contributed by atoms with Crippen molar-refractivity contribution < 1.29 is 0 Å². The van der Waals surface area contributed by atoms with Gasteiger partial charge >= 0.3 is 0 Å². The summed E-state index contributed by atoms with van der Waals surface area (Å²) < 4.78 is 2.22. The number of hydrogen-bond acceptors (Lipinski definition) is 4. The van der Waals surface area contributed by atoms with Gasteiger partial charge in [0, 0.05) is 16.2 Å². The van der Waals surface area contributed by atoms with Crippen LogP contribution in [0.15, 0.2) is 52.4 Å². The first-order valence-electron chi connectivity index (χ1n) is 8.99. The van der Waals surface area contributed by atoms with Crippen LogP contribution in [0.3, 0.4) is 0 Å². The summed E-state index contributed by atoms with van der Waals surface area (Å²) in [6.45, 7) is 6.77. The summed E-state index contributed by atoms with van der Waals surface area (Å²) in [7, 11) is 0. The molecule has 0 aliphatic heterocycles. The zero-order valence-corrected chi connectivity index (χ0v) is 16.6. The molecule has 0 amide bonds. The zero-order chi connectivity index (χ0) is 18.1. The van der Waals surface area contributed by atoms with Crippen LogP contribution in [-0.4, -0.2) is 15.3 Å². The Balaban J connectivity index is 1.87. The lowest BCUT2D eigenvalue weighted by Gasteiger charge is -2.14. The average Bonchev–Trinajstić information content (AvgIpc) is 2.99. The Kier molecular flexibility index (Phi) is 5.00. The van der Waals surface area contributed by atoms with Gasteiger partial charge in [-0.05, 0) is 38.2 Å². The van der Waals surface area contributed by atoms with E-state index in [9.17, 15) is 4.79 Å². The standard InChI is InChI=1S/C21H22N2OS2/c1-14(2)13-25-21-22-18-19(24)16-10-6-7-11-17(16)26-20(18)23(21)12-15-8-4-3-5-9-15/h3-5,8-9H,1,6-7,10-13H2,2H3. The van der Waals surface area contributed by atoms with E-state index in [1.807, 2.05) is 13.0 Å². The second-order valence-electron chi connectivity index (χ2n) is 6.91. The Morgan fingerprint density at radius 1 is 1.27 bits per heavy atom. The van der Waals surface area contributed by atoms with Crippen molar-refractivity contribution in [1.29, 1.82) is 0 Å². The van der Waals surface area contributed by atoms with E-state index in [4.69, 9.17) is 4.98 Å². The minimum Gasteiger partial charge on any atom is -0.306 e. The molecule has 1 aliphatic rings. The van der Waals surface area contributed by atoms with E-state index in [2.05, 4.69) is 35.4 Å². The van der Waals surface area contributed by atoms with Gasteiger partial charge in [-0.15, -0.1) is 11.3 Å². The van der Waals surface area contributed by atoms with Crippen LogP contribution in [0.5, 0.6) is 0 Å². The van der Waals surface area contributed by atoms with Crippen molar-refractivity contribution in [3.8, 4) is 0 Å². The SMILES string of the molecule is C=C(C)CSc1nc2c(=O)c3c(sc2n1Cc1ccccc1)CCCC3. The first-order valence-corrected chi connectivity index (χ1v) is 10.8. The fraction of sp³-hybridized carbons (Fsp3) is 0.333. The maximum atomic E-state index is 13.0. The molecule has 2 heterocycles. The highest BCUT2D eigenvalue weighted by molar-refractivity contribution is 7.99. The molecule has 4 rings (SSSR count). The van der Waals surface area contributed by atoms with Crippen LogP contribution in [0.2, 0.25) is 0 Å². The number of hydrogen-bond donors (Lipinski definition) is 0. The summed E-state index contributed by atoms with van der Waals surface area (Å²) in [6, 6.07) is 10.4. The lowest BCUT2D eigenvalue weighted by molar-refractivity contribution is 0.692. The summed E-state index contributed by atoms with van der Waals surface area (Å²) in [6.07, 6.45) is 4.22. The first-order chi connectivity index (χ1) is 12.6. The lowest BCUT2D eigenvalue weighted by Crippen LogP contribution is -2.15. The molecular weight excluding hydrogens is 360 g/mol. The van der Waals surface area contributed by atoms with Gasteiger partial charge in [0.25, 0.3) is 0 Å². The maximum Gasteiger partial charge on any atom is 0.211 e. The number of nitrogens with zero attached hydrogens (tertiary/aromatic N) is 2. The molecule has 0 unspecified atom stereocenters. The number of aryl methyl sites for hydroxylation is 1. The number of rotatable bonds is 5. The van der Waals surface area contributed by atoms with Gasteiger partial charge in [-0.1, -0.05) is 54.2 Å². The normalized spacial score (nSPS) is 13.7. The van der Waals surface area contributed by atoms with Gasteiger partial charge < -0.3 is 4.57 Å². The molecule has 1 aromatic carbocycles. The molecule has 26 heavy (non-hydrogen) atoms. The van der Waals surface area contributed by atoms with Gasteiger partial charge in [0.1, 0.15) is 10.3 Å². The van der Waals surface area contributed by atoms with Crippen molar-refractivity contribution in [2.24, 2.45) is 0 Å². The fourth-order valence-corrected chi connectivity index (χ4v) is 5.56. The summed E-state index contributed by atoms with van der Waals surface area (Å²) in [5.74, 6) is 0.816. The molecule has 0 bridgehead atoms. The molecule has 2 aromatic heterocycles. The third-order valence-electron chi connectivity index (χ3n) is 4.64. The minimum atomic E-state index is 0.150. The topological polar surface area (TPSA) is 34.9 Å². The molecule has 1 aliphatic carbocycles. The van der Waals surface area contributed by atoms with E-state index in [0.717, 1.165) is 52.7 Å². The van der Waals surface area contributed by atoms with E-state index in [-0.39, 0.29) is 5.43 Å². The van der Waals surface area contributed by atoms with Crippen molar-refractivity contribution in [3.63, 3.8) is 0 Å². The largest absolute Gasteiger partial charge is 0.306 e. The van der Waals surface area contributed by atoms with Crippen LogP contribution in [0.4, 0.5) is 0 Å². The third kappa shape index (κ3) is 3.38. The Hall–Kier alpha value is -1.85. The molecule has 3 aromatic rings. The maximum absolute atomic E-state index is 13.0. The molecule has 0 saturated carbocycles. The number of benzene rings is 1. The smallest absolute Gasteiger partial charge is 0.211 e. The summed E-state index contributed by atoms with van der Waals surface area (Å²) >= 11 is 3.44. The van der Waals surface area contributed by atoms with Crippen molar-refractivity contribution in [2.45, 2.75) is 44.3 Å². The lowest BCUT2D eigenvalue weighted by atomic mass is 9.98. The van der Waals surface area contributed by atoms with Crippen molar-refractivity contribution in [3.05, 3.63) is 68.7 Å². The predicted molar refractivity (Wildman–Crippen MR) is 112 cm³/mol. The Labute approximate surface area is 161 Å². The minimum absolute atomic E-state index is 0.150. The number of aromatic nitrogens is 2. The molecule has 0 atom stereocenters. The monoisotopic (exact) mass is 382 g/mol. The van der Waals surface area contributed by atoms with E-state index in [0.29, 0.717) is 5.52 Å². The molecule has 5 heteroatoms. The molecule has 0 saturated heterocycles. The first kappa shape index (κ1) is 17.6. The second kappa shape index (κ2) is 7.41. The molecule has 3 nitrogen and oxygen atoms in total. The van der Waals surface area contributed by atoms with E-state index < -0.39 is 0 Å². The average molecular weight is 383 g/mol. The number of imidazole rings is 1. The highest BCUT2D eigenvalue weighted by Crippen LogP contribution is 2.32. The van der Waals surface area contributed by atoms with Gasteiger partial charge in [-0.2, -0.15) is 0 Å². The van der Waals surface area contributed by atoms with Crippen molar-refractivity contribution in [2.75, 3.05) is 5.75 Å². The Bertz CT molecular complexity index is 1020. The van der Waals surface area contributed by atoms with Crippen molar-refractivity contribution in [1.82, 2.24) is 9.55 Å². The van der Waals surface area contributed by atoms with Crippen LogP contribution in [0.25, 0.3) is 10.3 Å². The Morgan fingerprint density at radius 2 is 2.04 bits per heavy atom. The predicted octanol–water partition coefficient (Wildman–Crippen LogP) is 5.05. The highest BCUT2D eigenvalue weighted by atomic mass is 32.2. The summed E-state index contributed by atoms with van der Waals surface area (Å²) in [4.78, 5) is 20.1.